The third-order valence-corrected chi connectivity index (χ3v) is 5.58. The van der Waals surface area contributed by atoms with Crippen LogP contribution in [-0.2, 0) is 16.6 Å². The van der Waals surface area contributed by atoms with E-state index in [1.54, 1.807) is 7.05 Å². The number of nitrogens with one attached hydrogen (secondary N) is 3. The second-order valence-corrected chi connectivity index (χ2v) is 8.19. The van der Waals surface area contributed by atoms with Gasteiger partial charge >= 0.3 is 0 Å². The van der Waals surface area contributed by atoms with Crippen LogP contribution >= 0.6 is 39.9 Å². The van der Waals surface area contributed by atoms with Crippen molar-refractivity contribution in [1.82, 2.24) is 10.6 Å². The Hall–Kier alpha value is -1.61. The lowest BCUT2D eigenvalue weighted by Crippen LogP contribution is -2.41. The van der Waals surface area contributed by atoms with Gasteiger partial charge in [0.15, 0.2) is 5.96 Å². The van der Waals surface area contributed by atoms with E-state index in [-0.39, 0.29) is 35.3 Å². The molecule has 5 nitrogen and oxygen atoms in total. The van der Waals surface area contributed by atoms with Crippen LogP contribution in [0.4, 0.5) is 5.69 Å². The lowest BCUT2D eigenvalue weighted by Gasteiger charge is -2.19. The quantitative estimate of drug-likeness (QED) is 0.261. The largest absolute Gasteiger partial charge is 0.356 e. The van der Waals surface area contributed by atoms with E-state index in [2.05, 4.69) is 61.1 Å². The Labute approximate surface area is 198 Å². The van der Waals surface area contributed by atoms with Crippen molar-refractivity contribution >= 4 is 57.5 Å². The molecular weight excluding hydrogens is 543 g/mol. The molecule has 0 saturated heterocycles. The first kappa shape index (κ1) is 23.7. The van der Waals surface area contributed by atoms with Crippen molar-refractivity contribution in [1.29, 1.82) is 0 Å². The first-order valence-corrected chi connectivity index (χ1v) is 10.4. The van der Waals surface area contributed by atoms with Crippen LogP contribution in [0.25, 0.3) is 0 Å². The number of carbonyl (C=O) groups is 1. The monoisotopic (exact) mass is 570 g/mol. The molecule has 3 rings (SSSR count). The van der Waals surface area contributed by atoms with E-state index in [9.17, 15) is 4.79 Å². The Morgan fingerprint density at radius 2 is 1.86 bits per heavy atom. The zero-order valence-electron chi connectivity index (χ0n) is 16.8. The fourth-order valence-corrected chi connectivity index (χ4v) is 3.69. The Morgan fingerprint density at radius 3 is 2.45 bits per heavy atom. The summed E-state index contributed by atoms with van der Waals surface area (Å²) in [4.78, 5) is 15.4. The predicted molar refractivity (Wildman–Crippen MR) is 134 cm³/mol. The number of hydrogen-bond acceptors (Lipinski definition) is 2. The molecule has 2 aromatic rings. The average molecular weight is 571 g/mol. The molecule has 156 valence electrons. The fourth-order valence-electron chi connectivity index (χ4n) is 3.29. The van der Waals surface area contributed by atoms with E-state index in [1.807, 2.05) is 24.3 Å². The smallest absolute Gasteiger partial charge is 0.221 e. The standard InChI is InChI=1S/C22H27BrN4O.HI/c1-16(28)27-20-8-6-17(7-9-20)10-13-25-21(24-2)26-15-22(11-12-22)18-4-3-5-19(23)14-18;/h3-9,14H,10-13,15H2,1-2H3,(H,27,28)(H2,24,25,26);1H. The molecule has 0 bridgehead atoms. The molecule has 1 fully saturated rings. The van der Waals surface area contributed by atoms with E-state index >= 15 is 0 Å². The van der Waals surface area contributed by atoms with Crippen LogP contribution in [0.2, 0.25) is 0 Å². The van der Waals surface area contributed by atoms with E-state index in [4.69, 9.17) is 0 Å². The molecule has 0 aromatic heterocycles. The molecule has 2 aromatic carbocycles. The van der Waals surface area contributed by atoms with Crippen molar-refractivity contribution in [3.63, 3.8) is 0 Å². The highest BCUT2D eigenvalue weighted by Crippen LogP contribution is 2.48. The van der Waals surface area contributed by atoms with Gasteiger partial charge < -0.3 is 16.0 Å². The Morgan fingerprint density at radius 1 is 1.14 bits per heavy atom. The van der Waals surface area contributed by atoms with Gasteiger partial charge in [0.05, 0.1) is 0 Å². The van der Waals surface area contributed by atoms with Crippen molar-refractivity contribution < 1.29 is 4.79 Å². The summed E-state index contributed by atoms with van der Waals surface area (Å²) in [5, 5.41) is 9.65. The number of nitrogens with zero attached hydrogens (tertiary/aromatic N) is 1. The van der Waals surface area contributed by atoms with E-state index in [1.165, 1.54) is 30.9 Å². The number of hydrogen-bond donors (Lipinski definition) is 3. The van der Waals surface area contributed by atoms with Gasteiger partial charge in [-0.1, -0.05) is 40.2 Å². The minimum Gasteiger partial charge on any atom is -0.356 e. The van der Waals surface area contributed by atoms with Crippen molar-refractivity contribution in [3.8, 4) is 0 Å². The maximum Gasteiger partial charge on any atom is 0.221 e. The number of aliphatic imine (C=N–C) groups is 1. The Bertz CT molecular complexity index is 850. The topological polar surface area (TPSA) is 65.5 Å². The van der Waals surface area contributed by atoms with E-state index < -0.39 is 0 Å². The van der Waals surface area contributed by atoms with Crippen molar-refractivity contribution in [2.24, 2.45) is 4.99 Å². The second kappa shape index (κ2) is 11.0. The zero-order valence-corrected chi connectivity index (χ0v) is 20.7. The highest BCUT2D eigenvalue weighted by molar-refractivity contribution is 14.0. The van der Waals surface area contributed by atoms with Crippen molar-refractivity contribution in [2.45, 2.75) is 31.6 Å². The maximum absolute atomic E-state index is 11.1. The summed E-state index contributed by atoms with van der Waals surface area (Å²) >= 11 is 3.57. The van der Waals surface area contributed by atoms with Crippen molar-refractivity contribution in [3.05, 3.63) is 64.1 Å². The number of guanidine groups is 1. The number of rotatable bonds is 7. The normalized spacial score (nSPS) is 14.5. The summed E-state index contributed by atoms with van der Waals surface area (Å²) < 4.78 is 1.13. The highest BCUT2D eigenvalue weighted by Gasteiger charge is 2.44. The van der Waals surface area contributed by atoms with Gasteiger partial charge in [-0.05, 0) is 54.7 Å². The molecular formula is C22H28BrIN4O. The van der Waals surface area contributed by atoms with Gasteiger partial charge in [-0.15, -0.1) is 24.0 Å². The molecule has 3 N–H and O–H groups in total. The molecule has 0 radical (unpaired) electrons. The van der Waals surface area contributed by atoms with Gasteiger partial charge in [0.1, 0.15) is 0 Å². The third-order valence-electron chi connectivity index (χ3n) is 5.09. The Balaban J connectivity index is 0.00000300. The summed E-state index contributed by atoms with van der Waals surface area (Å²) in [6.45, 7) is 3.19. The molecule has 1 amide bonds. The number of carbonyl (C=O) groups excluding carboxylic acids is 1. The van der Waals surface area contributed by atoms with Crippen LogP contribution < -0.4 is 16.0 Å². The first-order valence-electron chi connectivity index (χ1n) is 9.58. The van der Waals surface area contributed by atoms with Crippen molar-refractivity contribution in [2.75, 3.05) is 25.5 Å². The fraction of sp³-hybridized carbons (Fsp3) is 0.364. The van der Waals surface area contributed by atoms with Crippen LogP contribution in [0.5, 0.6) is 0 Å². The maximum atomic E-state index is 11.1. The number of benzene rings is 2. The molecule has 0 unspecified atom stereocenters. The van der Waals surface area contributed by atoms with Crippen LogP contribution in [0.15, 0.2) is 58.0 Å². The molecule has 1 aliphatic carbocycles. The van der Waals surface area contributed by atoms with Crippen LogP contribution in [0.3, 0.4) is 0 Å². The first-order chi connectivity index (χ1) is 13.5. The summed E-state index contributed by atoms with van der Waals surface area (Å²) in [6.07, 6.45) is 3.29. The lowest BCUT2D eigenvalue weighted by molar-refractivity contribution is -0.114. The van der Waals surface area contributed by atoms with Gasteiger partial charge in [-0.25, -0.2) is 0 Å². The van der Waals surface area contributed by atoms with E-state index in [0.29, 0.717) is 0 Å². The minimum absolute atomic E-state index is 0. The van der Waals surface area contributed by atoms with Gasteiger partial charge in [0.2, 0.25) is 5.91 Å². The number of halogens is 2. The molecule has 1 aliphatic rings. The molecule has 0 atom stereocenters. The SMILES string of the molecule is CN=C(NCCc1ccc(NC(C)=O)cc1)NCC1(c2cccc(Br)c2)CC1.I. The molecule has 7 heteroatoms. The van der Waals surface area contributed by atoms with Gasteiger partial charge in [-0.3, -0.25) is 9.79 Å². The molecule has 1 saturated carbocycles. The number of anilines is 1. The predicted octanol–water partition coefficient (Wildman–Crippen LogP) is 4.46. The Kier molecular flexibility index (Phi) is 8.95. The summed E-state index contributed by atoms with van der Waals surface area (Å²) in [6, 6.07) is 16.5. The lowest BCUT2D eigenvalue weighted by atomic mass is 9.96. The molecule has 0 aliphatic heterocycles. The van der Waals surface area contributed by atoms with E-state index in [0.717, 1.165) is 35.6 Å². The van der Waals surface area contributed by atoms with Crippen LogP contribution in [-0.4, -0.2) is 32.0 Å². The van der Waals surface area contributed by atoms with Gasteiger partial charge in [0, 0.05) is 42.6 Å². The molecule has 29 heavy (non-hydrogen) atoms. The van der Waals surface area contributed by atoms with Gasteiger partial charge in [-0.2, -0.15) is 0 Å². The highest BCUT2D eigenvalue weighted by atomic mass is 127. The van der Waals surface area contributed by atoms with Gasteiger partial charge in [0.25, 0.3) is 0 Å². The summed E-state index contributed by atoms with van der Waals surface area (Å²) in [7, 11) is 1.80. The molecule has 0 heterocycles. The molecule has 0 spiro atoms. The zero-order chi connectivity index (χ0) is 20.0. The average Bonchev–Trinajstić information content (AvgIpc) is 3.47. The summed E-state index contributed by atoms with van der Waals surface area (Å²) in [5.74, 6) is 0.775. The number of amides is 1. The minimum atomic E-state index is -0.0550. The third kappa shape index (κ3) is 6.99. The summed E-state index contributed by atoms with van der Waals surface area (Å²) in [5.41, 5.74) is 3.64. The van der Waals surface area contributed by atoms with Crippen LogP contribution in [0, 0.1) is 0 Å². The second-order valence-electron chi connectivity index (χ2n) is 7.27. The van der Waals surface area contributed by atoms with Crippen LogP contribution in [0.1, 0.15) is 30.9 Å².